The first-order chi connectivity index (χ1) is 10.0. The van der Waals surface area contributed by atoms with Crippen LogP contribution < -0.4 is 10.5 Å². The number of rotatable bonds is 3. The van der Waals surface area contributed by atoms with Crippen LogP contribution in [0.5, 0.6) is 5.75 Å². The van der Waals surface area contributed by atoms with E-state index in [1.54, 1.807) is 19.2 Å². The molecule has 0 bridgehead atoms. The number of fused-ring (bicyclic) bond motifs is 1. The van der Waals surface area contributed by atoms with Crippen LogP contribution in [0.3, 0.4) is 0 Å². The Balaban J connectivity index is 1.83. The van der Waals surface area contributed by atoms with E-state index < -0.39 is 0 Å². The van der Waals surface area contributed by atoms with Crippen molar-refractivity contribution in [2.24, 2.45) is 17.8 Å². The summed E-state index contributed by atoms with van der Waals surface area (Å²) in [5.74, 6) is 0.767. The maximum atomic E-state index is 12.5. The van der Waals surface area contributed by atoms with Gasteiger partial charge in [0.2, 0.25) is 11.8 Å². The van der Waals surface area contributed by atoms with E-state index in [-0.39, 0.29) is 30.2 Å². The highest BCUT2D eigenvalue weighted by atomic mass is 16.5. The van der Waals surface area contributed by atoms with Crippen molar-refractivity contribution < 1.29 is 14.3 Å². The van der Waals surface area contributed by atoms with E-state index in [1.807, 2.05) is 6.07 Å². The maximum absolute atomic E-state index is 12.5. The number of carbonyl (C=O) groups excluding carboxylic acids is 2. The van der Waals surface area contributed by atoms with Crippen molar-refractivity contribution in [1.29, 1.82) is 0 Å². The molecule has 2 fully saturated rings. The smallest absolute Gasteiger partial charge is 0.233 e. The Morgan fingerprint density at radius 1 is 1.24 bits per heavy atom. The molecule has 1 aliphatic carbocycles. The highest BCUT2D eigenvalue weighted by molar-refractivity contribution is 6.05. The van der Waals surface area contributed by atoms with Crippen LogP contribution in [0.15, 0.2) is 18.2 Å². The molecule has 112 valence electrons. The summed E-state index contributed by atoms with van der Waals surface area (Å²) in [5.41, 5.74) is 7.13. The number of carbonyl (C=O) groups is 2. The zero-order valence-corrected chi connectivity index (χ0v) is 12.3. The number of nitrogens with zero attached hydrogens (tertiary/aromatic N) is 1. The molecule has 1 saturated carbocycles. The molecular weight excluding hydrogens is 268 g/mol. The summed E-state index contributed by atoms with van der Waals surface area (Å²) in [5, 5.41) is 0. The number of anilines is 1. The Labute approximate surface area is 124 Å². The summed E-state index contributed by atoms with van der Waals surface area (Å²) in [6.07, 6.45) is 1.65. The molecule has 2 unspecified atom stereocenters. The van der Waals surface area contributed by atoms with Crippen molar-refractivity contribution in [3.8, 4) is 5.75 Å². The van der Waals surface area contributed by atoms with Crippen molar-refractivity contribution in [3.63, 3.8) is 0 Å². The van der Waals surface area contributed by atoms with Gasteiger partial charge in [0, 0.05) is 17.3 Å². The summed E-state index contributed by atoms with van der Waals surface area (Å²) < 4.78 is 5.29. The van der Waals surface area contributed by atoms with E-state index >= 15 is 0 Å². The highest BCUT2D eigenvalue weighted by Gasteiger charge is 2.51. The minimum absolute atomic E-state index is 0.0340. The van der Waals surface area contributed by atoms with Crippen molar-refractivity contribution in [3.05, 3.63) is 23.8 Å². The van der Waals surface area contributed by atoms with Crippen LogP contribution >= 0.6 is 0 Å². The molecule has 1 aromatic rings. The minimum Gasteiger partial charge on any atom is -0.496 e. The van der Waals surface area contributed by atoms with Gasteiger partial charge in [0.25, 0.3) is 0 Å². The molecule has 1 saturated heterocycles. The van der Waals surface area contributed by atoms with Gasteiger partial charge in [0.05, 0.1) is 25.5 Å². The van der Waals surface area contributed by atoms with Gasteiger partial charge in [-0.2, -0.15) is 0 Å². The van der Waals surface area contributed by atoms with Gasteiger partial charge in [-0.15, -0.1) is 0 Å². The van der Waals surface area contributed by atoms with Crippen molar-refractivity contribution in [2.75, 3.05) is 12.8 Å². The topological polar surface area (TPSA) is 72.6 Å². The monoisotopic (exact) mass is 288 g/mol. The molecule has 1 aromatic carbocycles. The van der Waals surface area contributed by atoms with Gasteiger partial charge < -0.3 is 10.5 Å². The van der Waals surface area contributed by atoms with E-state index in [4.69, 9.17) is 10.5 Å². The van der Waals surface area contributed by atoms with E-state index in [1.165, 1.54) is 4.90 Å². The van der Waals surface area contributed by atoms with Gasteiger partial charge in [-0.1, -0.05) is 13.0 Å². The van der Waals surface area contributed by atoms with Gasteiger partial charge in [-0.25, -0.2) is 0 Å². The molecule has 2 amide bonds. The van der Waals surface area contributed by atoms with E-state index in [2.05, 4.69) is 6.92 Å². The van der Waals surface area contributed by atoms with Crippen molar-refractivity contribution in [1.82, 2.24) is 4.90 Å². The third kappa shape index (κ3) is 2.26. The normalized spacial score (nSPS) is 28.1. The zero-order valence-electron chi connectivity index (χ0n) is 12.3. The lowest BCUT2D eigenvalue weighted by molar-refractivity contribution is -0.141. The average Bonchev–Trinajstić information content (AvgIpc) is 2.94. The molecule has 5 nitrogen and oxygen atoms in total. The fourth-order valence-corrected chi connectivity index (χ4v) is 3.56. The average molecular weight is 288 g/mol. The molecule has 1 aliphatic heterocycles. The third-order valence-corrected chi connectivity index (χ3v) is 4.60. The fraction of sp³-hybridized carbons (Fsp3) is 0.500. The Bertz CT molecular complexity index is 575. The van der Waals surface area contributed by atoms with Crippen LogP contribution in [0.25, 0.3) is 0 Å². The summed E-state index contributed by atoms with van der Waals surface area (Å²) >= 11 is 0. The first-order valence-corrected chi connectivity index (χ1v) is 7.29. The van der Waals surface area contributed by atoms with Crippen molar-refractivity contribution >= 4 is 17.5 Å². The molecule has 2 atom stereocenters. The number of methoxy groups -OCH3 is 1. The number of nitrogens with two attached hydrogens (primary N) is 1. The number of hydrogen-bond acceptors (Lipinski definition) is 4. The lowest BCUT2D eigenvalue weighted by atomic mass is 10.00. The molecule has 0 radical (unpaired) electrons. The van der Waals surface area contributed by atoms with Gasteiger partial charge in [0.15, 0.2) is 0 Å². The molecule has 1 heterocycles. The first kappa shape index (κ1) is 13.9. The second kappa shape index (κ2) is 5.06. The van der Waals surface area contributed by atoms with E-state index in [9.17, 15) is 9.59 Å². The standard InChI is InChI=1S/C16H20N2O3/c1-9-5-12-13(6-9)16(20)18(15(12)19)8-10-3-4-11(17)7-14(10)21-2/h3-4,7,9,12-13H,5-6,8,17H2,1-2H3. The van der Waals surface area contributed by atoms with Crippen LogP contribution in [-0.4, -0.2) is 23.8 Å². The van der Waals surface area contributed by atoms with Gasteiger partial charge in [0.1, 0.15) is 5.75 Å². The summed E-state index contributed by atoms with van der Waals surface area (Å²) in [6, 6.07) is 5.28. The highest BCUT2D eigenvalue weighted by Crippen LogP contribution is 2.43. The number of benzene rings is 1. The number of ether oxygens (including phenoxy) is 1. The third-order valence-electron chi connectivity index (χ3n) is 4.60. The number of nitrogen functional groups attached to an aromatic ring is 1. The predicted octanol–water partition coefficient (Wildman–Crippen LogP) is 1.81. The molecule has 0 spiro atoms. The Morgan fingerprint density at radius 2 is 1.86 bits per heavy atom. The Hall–Kier alpha value is -2.04. The Morgan fingerprint density at radius 3 is 2.43 bits per heavy atom. The summed E-state index contributed by atoms with van der Waals surface area (Å²) in [7, 11) is 1.56. The van der Waals surface area contributed by atoms with E-state index in [0.717, 1.165) is 18.4 Å². The fourth-order valence-electron chi connectivity index (χ4n) is 3.56. The lowest BCUT2D eigenvalue weighted by Crippen LogP contribution is -2.31. The number of imide groups is 1. The maximum Gasteiger partial charge on any atom is 0.233 e. The molecule has 2 N–H and O–H groups in total. The molecule has 2 aliphatic rings. The first-order valence-electron chi connectivity index (χ1n) is 7.29. The summed E-state index contributed by atoms with van der Waals surface area (Å²) in [4.78, 5) is 26.3. The summed E-state index contributed by atoms with van der Waals surface area (Å²) in [6.45, 7) is 2.37. The molecule has 3 rings (SSSR count). The van der Waals surface area contributed by atoms with Crippen LogP contribution in [-0.2, 0) is 16.1 Å². The molecule has 5 heteroatoms. The SMILES string of the molecule is COc1cc(N)ccc1CN1C(=O)C2CC(C)CC2C1=O. The molecule has 0 aromatic heterocycles. The zero-order chi connectivity index (χ0) is 15.1. The predicted molar refractivity (Wildman–Crippen MR) is 78.3 cm³/mol. The van der Waals surface area contributed by atoms with Crippen molar-refractivity contribution in [2.45, 2.75) is 26.3 Å². The van der Waals surface area contributed by atoms with Crippen LogP contribution in [0.4, 0.5) is 5.69 Å². The van der Waals surface area contributed by atoms with Crippen LogP contribution in [0.1, 0.15) is 25.3 Å². The van der Waals surface area contributed by atoms with E-state index in [0.29, 0.717) is 17.4 Å². The number of amides is 2. The second-order valence-electron chi connectivity index (χ2n) is 6.12. The quantitative estimate of drug-likeness (QED) is 0.680. The molecule has 21 heavy (non-hydrogen) atoms. The largest absolute Gasteiger partial charge is 0.496 e. The lowest BCUT2D eigenvalue weighted by Gasteiger charge is -2.18. The van der Waals surface area contributed by atoms with Crippen LogP contribution in [0, 0.1) is 17.8 Å². The van der Waals surface area contributed by atoms with Gasteiger partial charge >= 0.3 is 0 Å². The Kier molecular flexibility index (Phi) is 3.35. The number of hydrogen-bond donors (Lipinski definition) is 1. The molecular formula is C16H20N2O3. The van der Waals surface area contributed by atoms with Gasteiger partial charge in [-0.3, -0.25) is 14.5 Å². The van der Waals surface area contributed by atoms with Gasteiger partial charge in [-0.05, 0) is 24.8 Å². The minimum atomic E-state index is -0.118. The second-order valence-corrected chi connectivity index (χ2v) is 6.12. The number of likely N-dealkylation sites (tertiary alicyclic amines) is 1. The van der Waals surface area contributed by atoms with Crippen LogP contribution in [0.2, 0.25) is 0 Å².